The highest BCUT2D eigenvalue weighted by Crippen LogP contribution is 1.92. The predicted octanol–water partition coefficient (Wildman–Crippen LogP) is 0.191. The summed E-state index contributed by atoms with van der Waals surface area (Å²) in [5, 5.41) is 3.98. The quantitative estimate of drug-likeness (QED) is 0.681. The molecular formula is C8H13N3O. The topological polar surface area (TPSA) is 60.9 Å². The van der Waals surface area contributed by atoms with Crippen molar-refractivity contribution in [3.8, 4) is 0 Å². The van der Waals surface area contributed by atoms with Crippen LogP contribution in [0.15, 0.2) is 18.5 Å². The van der Waals surface area contributed by atoms with E-state index >= 15 is 0 Å². The molecule has 1 aromatic rings. The second kappa shape index (κ2) is 4.66. The highest BCUT2D eigenvalue weighted by atomic mass is 16.1. The van der Waals surface area contributed by atoms with E-state index < -0.39 is 0 Å². The van der Waals surface area contributed by atoms with Crippen molar-refractivity contribution in [2.75, 3.05) is 6.54 Å². The van der Waals surface area contributed by atoms with Gasteiger partial charge in [0.15, 0.2) is 0 Å². The van der Waals surface area contributed by atoms with E-state index in [1.165, 1.54) is 0 Å². The van der Waals surface area contributed by atoms with Gasteiger partial charge in [-0.1, -0.05) is 0 Å². The molecule has 4 heteroatoms. The van der Waals surface area contributed by atoms with Crippen LogP contribution in [-0.2, 0) is 11.3 Å². The van der Waals surface area contributed by atoms with Gasteiger partial charge >= 0.3 is 0 Å². The number of ketones is 1. The number of nitrogens with zero attached hydrogens (tertiary/aromatic N) is 2. The first-order valence-corrected chi connectivity index (χ1v) is 4.02. The molecule has 1 rings (SSSR count). The Labute approximate surface area is 71.4 Å². The van der Waals surface area contributed by atoms with Gasteiger partial charge in [0.25, 0.3) is 0 Å². The fourth-order valence-corrected chi connectivity index (χ4v) is 0.958. The predicted molar refractivity (Wildman–Crippen MR) is 45.5 cm³/mol. The molecule has 0 saturated carbocycles. The number of carbonyl (C=O) groups is 1. The molecule has 0 bridgehead atoms. The van der Waals surface area contributed by atoms with E-state index in [9.17, 15) is 4.79 Å². The van der Waals surface area contributed by atoms with Crippen molar-refractivity contribution in [2.45, 2.75) is 19.4 Å². The van der Waals surface area contributed by atoms with Gasteiger partial charge in [0.1, 0.15) is 5.78 Å². The molecule has 0 aromatic carbocycles. The Morgan fingerprint density at radius 2 is 2.33 bits per heavy atom. The smallest absolute Gasteiger partial charge is 0.136 e. The molecule has 0 atom stereocenters. The average Bonchev–Trinajstić information content (AvgIpc) is 2.53. The number of carbonyl (C=O) groups excluding carboxylic acids is 1. The Balaban J connectivity index is 2.22. The van der Waals surface area contributed by atoms with Crippen LogP contribution in [0.25, 0.3) is 0 Å². The van der Waals surface area contributed by atoms with Gasteiger partial charge < -0.3 is 5.73 Å². The Kier molecular flexibility index (Phi) is 3.47. The van der Waals surface area contributed by atoms with Gasteiger partial charge in [0, 0.05) is 31.8 Å². The summed E-state index contributed by atoms with van der Waals surface area (Å²) in [7, 11) is 0. The van der Waals surface area contributed by atoms with E-state index in [-0.39, 0.29) is 5.78 Å². The van der Waals surface area contributed by atoms with E-state index in [1.54, 1.807) is 10.9 Å². The zero-order valence-corrected chi connectivity index (χ0v) is 6.94. The van der Waals surface area contributed by atoms with Gasteiger partial charge in [-0.3, -0.25) is 9.48 Å². The van der Waals surface area contributed by atoms with Crippen LogP contribution in [0, 0.1) is 0 Å². The molecule has 0 aliphatic carbocycles. The highest BCUT2D eigenvalue weighted by Gasteiger charge is 1.99. The van der Waals surface area contributed by atoms with Gasteiger partial charge in [0.2, 0.25) is 0 Å². The number of rotatable bonds is 5. The van der Waals surface area contributed by atoms with Crippen LogP contribution < -0.4 is 5.73 Å². The van der Waals surface area contributed by atoms with Crippen molar-refractivity contribution in [1.29, 1.82) is 0 Å². The molecule has 66 valence electrons. The largest absolute Gasteiger partial charge is 0.330 e. The number of hydrogen-bond donors (Lipinski definition) is 1. The molecule has 2 N–H and O–H groups in total. The number of aromatic nitrogens is 2. The van der Waals surface area contributed by atoms with Gasteiger partial charge in [0.05, 0.1) is 0 Å². The van der Waals surface area contributed by atoms with Crippen molar-refractivity contribution in [2.24, 2.45) is 5.73 Å². The molecule has 4 nitrogen and oxygen atoms in total. The molecule has 0 spiro atoms. The first-order valence-electron chi connectivity index (χ1n) is 4.02. The summed E-state index contributed by atoms with van der Waals surface area (Å²) in [5.74, 6) is 0.202. The summed E-state index contributed by atoms with van der Waals surface area (Å²) in [6, 6.07) is 1.84. The molecule has 1 aromatic heterocycles. The van der Waals surface area contributed by atoms with Crippen LogP contribution in [0.2, 0.25) is 0 Å². The third kappa shape index (κ3) is 2.84. The van der Waals surface area contributed by atoms with Gasteiger partial charge in [-0.2, -0.15) is 5.10 Å². The number of aryl methyl sites for hydroxylation is 1. The van der Waals surface area contributed by atoms with E-state index in [0.717, 1.165) is 0 Å². The lowest BCUT2D eigenvalue weighted by Crippen LogP contribution is -2.10. The maximum atomic E-state index is 11.0. The van der Waals surface area contributed by atoms with Crippen molar-refractivity contribution >= 4 is 5.78 Å². The van der Waals surface area contributed by atoms with Gasteiger partial charge in [-0.05, 0) is 12.6 Å². The third-order valence-corrected chi connectivity index (χ3v) is 1.60. The van der Waals surface area contributed by atoms with Crippen molar-refractivity contribution < 1.29 is 4.79 Å². The molecule has 0 radical (unpaired) electrons. The fourth-order valence-electron chi connectivity index (χ4n) is 0.958. The summed E-state index contributed by atoms with van der Waals surface area (Å²) in [6.45, 7) is 1.10. The summed E-state index contributed by atoms with van der Waals surface area (Å²) in [4.78, 5) is 11.0. The van der Waals surface area contributed by atoms with Crippen molar-refractivity contribution in [3.05, 3.63) is 18.5 Å². The Morgan fingerprint density at radius 1 is 1.50 bits per heavy atom. The van der Waals surface area contributed by atoms with Crippen LogP contribution in [0.4, 0.5) is 0 Å². The van der Waals surface area contributed by atoms with Crippen LogP contribution in [-0.4, -0.2) is 22.1 Å². The monoisotopic (exact) mass is 167 g/mol. The molecular weight excluding hydrogens is 154 g/mol. The fraction of sp³-hybridized carbons (Fsp3) is 0.500. The lowest BCUT2D eigenvalue weighted by Gasteiger charge is -1.99. The van der Waals surface area contributed by atoms with E-state index in [0.29, 0.717) is 25.9 Å². The maximum Gasteiger partial charge on any atom is 0.136 e. The Bertz CT molecular complexity index is 230. The molecule has 0 aliphatic rings. The van der Waals surface area contributed by atoms with Gasteiger partial charge in [-0.15, -0.1) is 0 Å². The van der Waals surface area contributed by atoms with Crippen molar-refractivity contribution in [1.82, 2.24) is 9.78 Å². The normalized spacial score (nSPS) is 10.1. The summed E-state index contributed by atoms with van der Waals surface area (Å²) in [6.07, 6.45) is 4.54. The van der Waals surface area contributed by atoms with Crippen molar-refractivity contribution in [3.63, 3.8) is 0 Å². The third-order valence-electron chi connectivity index (χ3n) is 1.60. The van der Waals surface area contributed by atoms with E-state index in [4.69, 9.17) is 5.73 Å². The Morgan fingerprint density at radius 3 is 2.92 bits per heavy atom. The van der Waals surface area contributed by atoms with Gasteiger partial charge in [-0.25, -0.2) is 0 Å². The molecule has 0 unspecified atom stereocenters. The molecule has 12 heavy (non-hydrogen) atoms. The van der Waals surface area contributed by atoms with Crippen LogP contribution in [0.1, 0.15) is 12.8 Å². The minimum Gasteiger partial charge on any atom is -0.330 e. The standard InChI is InChI=1S/C8H13N3O/c9-4-2-8(12)3-7-11-6-1-5-10-11/h1,5-6H,2-4,7,9H2. The molecule has 0 amide bonds. The van der Waals surface area contributed by atoms with E-state index in [2.05, 4.69) is 5.10 Å². The second-order valence-electron chi connectivity index (χ2n) is 2.60. The van der Waals surface area contributed by atoms with Crippen LogP contribution >= 0.6 is 0 Å². The summed E-state index contributed by atoms with van der Waals surface area (Å²) >= 11 is 0. The van der Waals surface area contributed by atoms with Crippen LogP contribution in [0.5, 0.6) is 0 Å². The average molecular weight is 167 g/mol. The lowest BCUT2D eigenvalue weighted by molar-refractivity contribution is -0.119. The molecule has 0 fully saturated rings. The lowest BCUT2D eigenvalue weighted by atomic mass is 10.2. The Hall–Kier alpha value is -1.16. The minimum atomic E-state index is 0.202. The number of Topliss-reactive ketones (excluding diaryl/α,β-unsaturated/α-hetero) is 1. The minimum absolute atomic E-state index is 0.202. The SMILES string of the molecule is NCCC(=O)CCn1cccn1. The molecule has 0 saturated heterocycles. The zero-order valence-electron chi connectivity index (χ0n) is 6.94. The summed E-state index contributed by atoms with van der Waals surface area (Å²) in [5.41, 5.74) is 5.24. The molecule has 0 aliphatic heterocycles. The second-order valence-corrected chi connectivity index (χ2v) is 2.60. The molecule has 1 heterocycles. The summed E-state index contributed by atoms with van der Waals surface area (Å²) < 4.78 is 1.74. The highest BCUT2D eigenvalue weighted by molar-refractivity contribution is 5.78. The first kappa shape index (κ1) is 8.93. The van der Waals surface area contributed by atoms with Crippen LogP contribution in [0.3, 0.4) is 0 Å². The zero-order chi connectivity index (χ0) is 8.81. The number of nitrogens with two attached hydrogens (primary N) is 1. The first-order chi connectivity index (χ1) is 5.83. The van der Waals surface area contributed by atoms with E-state index in [1.807, 2.05) is 12.3 Å². The maximum absolute atomic E-state index is 11.0. The number of hydrogen-bond acceptors (Lipinski definition) is 3.